The van der Waals surface area contributed by atoms with E-state index in [-0.39, 0.29) is 29.6 Å². The van der Waals surface area contributed by atoms with E-state index in [0.29, 0.717) is 5.76 Å². The summed E-state index contributed by atoms with van der Waals surface area (Å²) >= 11 is 0. The Labute approximate surface area is 118 Å². The maximum absolute atomic E-state index is 12.0. The van der Waals surface area contributed by atoms with Crippen molar-refractivity contribution in [2.75, 3.05) is 6.61 Å². The lowest BCUT2D eigenvalue weighted by Crippen LogP contribution is -2.28. The normalized spacial score (nSPS) is 25.6. The summed E-state index contributed by atoms with van der Waals surface area (Å²) in [5.74, 6) is 0.366. The third-order valence-corrected chi connectivity index (χ3v) is 3.47. The van der Waals surface area contributed by atoms with Gasteiger partial charge in [0.25, 0.3) is 0 Å². The Morgan fingerprint density at radius 2 is 2.24 bits per heavy atom. The number of hydrogen-bond donors (Lipinski definition) is 2. The first-order chi connectivity index (χ1) is 9.99. The summed E-state index contributed by atoms with van der Waals surface area (Å²) in [6.45, 7) is 1.24. The highest BCUT2D eigenvalue weighted by atomic mass is 16.5. The third kappa shape index (κ3) is 2.37. The molecule has 1 aliphatic heterocycles. The number of aromatic nitrogens is 2. The van der Waals surface area contributed by atoms with E-state index in [1.165, 1.54) is 12.3 Å². The van der Waals surface area contributed by atoms with Crippen molar-refractivity contribution in [3.05, 3.63) is 38.7 Å². The van der Waals surface area contributed by atoms with Crippen molar-refractivity contribution in [2.24, 2.45) is 0 Å². The van der Waals surface area contributed by atoms with Crippen molar-refractivity contribution in [3.8, 4) is 0 Å². The maximum Gasteiger partial charge on any atom is 0.353 e. The summed E-state index contributed by atoms with van der Waals surface area (Å²) in [7, 11) is 0. The molecule has 2 aromatic heterocycles. The fraction of sp³-hybridized carbons (Fsp3) is 0.462. The van der Waals surface area contributed by atoms with Gasteiger partial charge >= 0.3 is 5.69 Å². The van der Waals surface area contributed by atoms with Gasteiger partial charge in [0.1, 0.15) is 23.5 Å². The van der Waals surface area contributed by atoms with Crippen molar-refractivity contribution >= 4 is 11.1 Å². The molecule has 0 bridgehead atoms. The van der Waals surface area contributed by atoms with Crippen LogP contribution in [0.3, 0.4) is 0 Å². The van der Waals surface area contributed by atoms with Gasteiger partial charge in [-0.05, 0) is 6.92 Å². The number of rotatable bonds is 2. The van der Waals surface area contributed by atoms with Gasteiger partial charge in [-0.25, -0.2) is 4.79 Å². The van der Waals surface area contributed by atoms with E-state index in [0.717, 1.165) is 4.57 Å². The van der Waals surface area contributed by atoms with Crippen LogP contribution in [0.4, 0.5) is 0 Å². The molecule has 0 unspecified atom stereocenters. The summed E-state index contributed by atoms with van der Waals surface area (Å²) in [5.41, 5.74) is -0.988. The van der Waals surface area contributed by atoms with Gasteiger partial charge in [0.15, 0.2) is 5.43 Å². The Morgan fingerprint density at radius 3 is 2.90 bits per heavy atom. The molecule has 1 aliphatic rings. The van der Waals surface area contributed by atoms with Crippen LogP contribution in [-0.2, 0) is 4.74 Å². The molecule has 112 valence electrons. The molecule has 2 aromatic rings. The average molecular weight is 294 g/mol. The van der Waals surface area contributed by atoms with Gasteiger partial charge in [0, 0.05) is 18.7 Å². The lowest BCUT2D eigenvalue weighted by atomic mass is 10.2. The highest BCUT2D eigenvalue weighted by molar-refractivity contribution is 5.70. The highest BCUT2D eigenvalue weighted by Crippen LogP contribution is 2.27. The van der Waals surface area contributed by atoms with Crippen molar-refractivity contribution in [1.29, 1.82) is 0 Å². The molecule has 3 heterocycles. The largest absolute Gasteiger partial charge is 0.443 e. The first kappa shape index (κ1) is 13.9. The number of fused-ring (bicyclic) bond motifs is 1. The number of aliphatic hydroxyl groups excluding tert-OH is 2. The molecule has 8 nitrogen and oxygen atoms in total. The molecule has 0 aliphatic carbocycles. The molecule has 1 saturated heterocycles. The van der Waals surface area contributed by atoms with Crippen LogP contribution in [0.25, 0.3) is 11.1 Å². The topological polar surface area (TPSA) is 115 Å². The van der Waals surface area contributed by atoms with E-state index >= 15 is 0 Å². The Hall–Kier alpha value is -2.03. The zero-order chi connectivity index (χ0) is 15.1. The SMILES string of the molecule is Cc1cc(=O)c2cn([C@H]3C[C@H](O)[C@@H](CO)O3)c(=O)nc2o1. The van der Waals surface area contributed by atoms with Gasteiger partial charge in [-0.2, -0.15) is 4.98 Å². The Kier molecular flexibility index (Phi) is 3.36. The number of ether oxygens (including phenoxy) is 1. The van der Waals surface area contributed by atoms with Crippen LogP contribution in [0.2, 0.25) is 0 Å². The maximum atomic E-state index is 12.0. The van der Waals surface area contributed by atoms with Crippen molar-refractivity contribution in [3.63, 3.8) is 0 Å². The molecular formula is C13H14N2O6. The van der Waals surface area contributed by atoms with Crippen LogP contribution in [0, 0.1) is 6.92 Å². The van der Waals surface area contributed by atoms with E-state index in [1.54, 1.807) is 6.92 Å². The molecule has 0 aromatic carbocycles. The molecular weight excluding hydrogens is 280 g/mol. The van der Waals surface area contributed by atoms with Gasteiger partial charge < -0.3 is 19.4 Å². The quantitative estimate of drug-likeness (QED) is 0.752. The Morgan fingerprint density at radius 1 is 1.48 bits per heavy atom. The summed E-state index contributed by atoms with van der Waals surface area (Å²) in [4.78, 5) is 27.7. The van der Waals surface area contributed by atoms with Crippen molar-refractivity contribution in [1.82, 2.24) is 9.55 Å². The average Bonchev–Trinajstić information content (AvgIpc) is 2.78. The Balaban J connectivity index is 2.10. The van der Waals surface area contributed by atoms with E-state index in [2.05, 4.69) is 4.98 Å². The molecule has 0 radical (unpaired) electrons. The van der Waals surface area contributed by atoms with E-state index in [9.17, 15) is 14.7 Å². The summed E-state index contributed by atoms with van der Waals surface area (Å²) in [6, 6.07) is 1.31. The first-order valence-electron chi connectivity index (χ1n) is 6.47. The first-order valence-corrected chi connectivity index (χ1v) is 6.47. The molecule has 3 atom stereocenters. The lowest BCUT2D eigenvalue weighted by Gasteiger charge is -2.14. The zero-order valence-corrected chi connectivity index (χ0v) is 11.2. The van der Waals surface area contributed by atoms with E-state index in [1.807, 2.05) is 0 Å². The molecule has 3 rings (SSSR count). The van der Waals surface area contributed by atoms with Gasteiger partial charge in [0.2, 0.25) is 5.71 Å². The van der Waals surface area contributed by atoms with Gasteiger partial charge in [-0.15, -0.1) is 0 Å². The second kappa shape index (κ2) is 5.06. The standard InChI is InChI=1S/C13H14N2O6/c1-6-2-8(17)7-4-15(13(19)14-12(7)20-6)11-3-9(18)10(5-16)21-11/h2,4,9-11,16,18H,3,5H2,1H3/t9-,10+,11+/m0/s1. The molecule has 8 heteroatoms. The predicted octanol–water partition coefficient (Wildman–Crippen LogP) is -0.701. The third-order valence-electron chi connectivity index (χ3n) is 3.47. The minimum Gasteiger partial charge on any atom is -0.443 e. The highest BCUT2D eigenvalue weighted by Gasteiger charge is 2.35. The monoisotopic (exact) mass is 294 g/mol. The summed E-state index contributed by atoms with van der Waals surface area (Å²) in [5, 5.41) is 18.9. The predicted molar refractivity (Wildman–Crippen MR) is 70.9 cm³/mol. The van der Waals surface area contributed by atoms with Crippen molar-refractivity contribution in [2.45, 2.75) is 31.8 Å². The molecule has 1 fully saturated rings. The molecule has 0 spiro atoms. The number of aliphatic hydroxyl groups is 2. The van der Waals surface area contributed by atoms with Crippen LogP contribution >= 0.6 is 0 Å². The minimum absolute atomic E-state index is 0.0292. The second-order valence-electron chi connectivity index (χ2n) is 4.99. The number of nitrogens with zero attached hydrogens (tertiary/aromatic N) is 2. The van der Waals surface area contributed by atoms with Crippen LogP contribution in [0.5, 0.6) is 0 Å². The number of hydrogen-bond acceptors (Lipinski definition) is 7. The van der Waals surface area contributed by atoms with Crippen LogP contribution in [0.15, 0.2) is 26.3 Å². The van der Waals surface area contributed by atoms with Crippen LogP contribution < -0.4 is 11.1 Å². The van der Waals surface area contributed by atoms with Crippen LogP contribution in [-0.4, -0.2) is 38.6 Å². The summed E-state index contributed by atoms with van der Waals surface area (Å²) in [6.07, 6.45) is -0.964. The molecule has 21 heavy (non-hydrogen) atoms. The van der Waals surface area contributed by atoms with Crippen LogP contribution in [0.1, 0.15) is 18.4 Å². The number of aryl methyl sites for hydroxylation is 1. The zero-order valence-electron chi connectivity index (χ0n) is 11.2. The van der Waals surface area contributed by atoms with Gasteiger partial charge in [0.05, 0.1) is 12.7 Å². The smallest absolute Gasteiger partial charge is 0.353 e. The van der Waals surface area contributed by atoms with Gasteiger partial charge in [-0.3, -0.25) is 9.36 Å². The molecule has 0 saturated carbocycles. The second-order valence-corrected chi connectivity index (χ2v) is 4.99. The molecule has 2 N–H and O–H groups in total. The van der Waals surface area contributed by atoms with Gasteiger partial charge in [-0.1, -0.05) is 0 Å². The molecule has 0 amide bonds. The van der Waals surface area contributed by atoms with Crippen molar-refractivity contribution < 1.29 is 19.4 Å². The lowest BCUT2D eigenvalue weighted by molar-refractivity contribution is -0.0457. The van der Waals surface area contributed by atoms with E-state index in [4.69, 9.17) is 14.3 Å². The Bertz CT molecular complexity index is 795. The van der Waals surface area contributed by atoms with E-state index < -0.39 is 24.1 Å². The fourth-order valence-electron chi connectivity index (χ4n) is 2.40. The minimum atomic E-state index is -0.878. The summed E-state index contributed by atoms with van der Waals surface area (Å²) < 4.78 is 11.8. The fourth-order valence-corrected chi connectivity index (χ4v) is 2.40.